The molecule has 1 unspecified atom stereocenters. The van der Waals surface area contributed by atoms with Crippen molar-refractivity contribution in [2.75, 3.05) is 11.9 Å². The zero-order valence-electron chi connectivity index (χ0n) is 7.41. The van der Waals surface area contributed by atoms with Gasteiger partial charge in [0.15, 0.2) is 0 Å². The highest BCUT2D eigenvalue weighted by Crippen LogP contribution is 2.33. The molecule has 0 amide bonds. The number of hydrogen-bond acceptors (Lipinski definition) is 3. The molecule has 2 rings (SSSR count). The fourth-order valence-electron chi connectivity index (χ4n) is 1.67. The van der Waals surface area contributed by atoms with Crippen LogP contribution in [-0.2, 0) is 0 Å². The Bertz CT molecular complexity index is 283. The van der Waals surface area contributed by atoms with E-state index in [-0.39, 0.29) is 0 Å². The van der Waals surface area contributed by atoms with E-state index in [1.54, 1.807) is 6.33 Å². The summed E-state index contributed by atoms with van der Waals surface area (Å²) in [4.78, 5) is 8.21. The minimum Gasteiger partial charge on any atom is -0.369 e. The minimum absolute atomic E-state index is 0.584. The van der Waals surface area contributed by atoms with E-state index in [4.69, 9.17) is 0 Å². The number of nitrogens with zero attached hydrogens (tertiary/aromatic N) is 2. The number of fused-ring (bicyclic) bond motifs is 1. The molecule has 2 heterocycles. The first kappa shape index (κ1) is 7.53. The van der Waals surface area contributed by atoms with Crippen LogP contribution in [0, 0.1) is 5.92 Å². The van der Waals surface area contributed by atoms with Crippen molar-refractivity contribution in [3.05, 3.63) is 18.1 Å². The Morgan fingerprint density at radius 3 is 3.17 bits per heavy atom. The monoisotopic (exact) mass is 163 g/mol. The van der Waals surface area contributed by atoms with Crippen molar-refractivity contribution in [1.29, 1.82) is 0 Å². The molecule has 0 saturated heterocycles. The van der Waals surface area contributed by atoms with Crippen LogP contribution in [0.4, 0.5) is 5.82 Å². The van der Waals surface area contributed by atoms with Crippen molar-refractivity contribution >= 4 is 5.82 Å². The second-order valence-electron chi connectivity index (χ2n) is 3.56. The minimum atomic E-state index is 0.584. The van der Waals surface area contributed by atoms with Crippen molar-refractivity contribution in [2.45, 2.75) is 19.8 Å². The predicted molar refractivity (Wildman–Crippen MR) is 48.1 cm³/mol. The van der Waals surface area contributed by atoms with Crippen molar-refractivity contribution in [3.63, 3.8) is 0 Å². The molecule has 1 aliphatic rings. The van der Waals surface area contributed by atoms with Gasteiger partial charge in [0.25, 0.3) is 0 Å². The van der Waals surface area contributed by atoms with E-state index in [0.717, 1.165) is 12.4 Å². The standard InChI is InChI=1S/C9H13N3/c1-6(2)7-4-11-9-8(7)3-10-5-12-9/h3,5-7H,4H2,1-2H3,(H,10,11,12). The zero-order chi connectivity index (χ0) is 8.55. The van der Waals surface area contributed by atoms with Crippen LogP contribution in [0.3, 0.4) is 0 Å². The summed E-state index contributed by atoms with van der Waals surface area (Å²) in [6.45, 7) is 5.47. The van der Waals surface area contributed by atoms with E-state index in [9.17, 15) is 0 Å². The third kappa shape index (κ3) is 1.05. The highest BCUT2D eigenvalue weighted by molar-refractivity contribution is 5.50. The molecule has 0 saturated carbocycles. The van der Waals surface area contributed by atoms with Crippen molar-refractivity contribution < 1.29 is 0 Å². The molecule has 0 aliphatic carbocycles. The van der Waals surface area contributed by atoms with Gasteiger partial charge in [0.05, 0.1) is 0 Å². The maximum absolute atomic E-state index is 4.17. The van der Waals surface area contributed by atoms with Crippen LogP contribution < -0.4 is 5.32 Å². The van der Waals surface area contributed by atoms with Crippen molar-refractivity contribution in [3.8, 4) is 0 Å². The quantitative estimate of drug-likeness (QED) is 0.684. The van der Waals surface area contributed by atoms with E-state index in [2.05, 4.69) is 29.1 Å². The van der Waals surface area contributed by atoms with Crippen LogP contribution in [-0.4, -0.2) is 16.5 Å². The molecule has 1 aromatic heterocycles. The van der Waals surface area contributed by atoms with Gasteiger partial charge in [0.1, 0.15) is 12.1 Å². The molecule has 3 nitrogen and oxygen atoms in total. The number of aromatic nitrogens is 2. The van der Waals surface area contributed by atoms with Gasteiger partial charge in [-0.2, -0.15) is 0 Å². The molecule has 0 spiro atoms. The fourth-order valence-corrected chi connectivity index (χ4v) is 1.67. The number of nitrogens with one attached hydrogen (secondary N) is 1. The molecular weight excluding hydrogens is 150 g/mol. The molecule has 1 aliphatic heterocycles. The summed E-state index contributed by atoms with van der Waals surface area (Å²) in [5.41, 5.74) is 1.27. The first-order chi connectivity index (χ1) is 5.79. The summed E-state index contributed by atoms with van der Waals surface area (Å²) in [6.07, 6.45) is 3.52. The lowest BCUT2D eigenvalue weighted by atomic mass is 9.92. The van der Waals surface area contributed by atoms with E-state index in [1.165, 1.54) is 5.56 Å². The first-order valence-electron chi connectivity index (χ1n) is 4.33. The van der Waals surface area contributed by atoms with E-state index < -0.39 is 0 Å². The zero-order valence-corrected chi connectivity index (χ0v) is 7.41. The van der Waals surface area contributed by atoms with Crippen LogP contribution >= 0.6 is 0 Å². The molecule has 0 bridgehead atoms. The second-order valence-corrected chi connectivity index (χ2v) is 3.56. The lowest BCUT2D eigenvalue weighted by Crippen LogP contribution is -2.08. The van der Waals surface area contributed by atoms with Gasteiger partial charge in [-0.3, -0.25) is 0 Å². The van der Waals surface area contributed by atoms with E-state index >= 15 is 0 Å². The Morgan fingerprint density at radius 1 is 1.58 bits per heavy atom. The average molecular weight is 163 g/mol. The van der Waals surface area contributed by atoms with Crippen LogP contribution in [0.1, 0.15) is 25.3 Å². The number of rotatable bonds is 1. The van der Waals surface area contributed by atoms with Crippen LogP contribution in [0.5, 0.6) is 0 Å². The van der Waals surface area contributed by atoms with Crippen molar-refractivity contribution in [2.24, 2.45) is 5.92 Å². The summed E-state index contributed by atoms with van der Waals surface area (Å²) >= 11 is 0. The summed E-state index contributed by atoms with van der Waals surface area (Å²) < 4.78 is 0. The van der Waals surface area contributed by atoms with Gasteiger partial charge in [-0.05, 0) is 5.92 Å². The maximum atomic E-state index is 4.17. The molecule has 0 fully saturated rings. The molecule has 1 aromatic rings. The summed E-state index contributed by atoms with van der Waals surface area (Å²) in [7, 11) is 0. The van der Waals surface area contributed by atoms with Gasteiger partial charge in [0.2, 0.25) is 0 Å². The Morgan fingerprint density at radius 2 is 2.42 bits per heavy atom. The second kappa shape index (κ2) is 2.73. The molecule has 3 heteroatoms. The Hall–Kier alpha value is -1.12. The van der Waals surface area contributed by atoms with Gasteiger partial charge in [-0.15, -0.1) is 0 Å². The molecule has 64 valence electrons. The third-order valence-corrected chi connectivity index (χ3v) is 2.43. The number of hydrogen-bond donors (Lipinski definition) is 1. The Balaban J connectivity index is 2.36. The van der Waals surface area contributed by atoms with E-state index in [1.807, 2.05) is 6.20 Å². The lowest BCUT2D eigenvalue weighted by molar-refractivity contribution is 0.532. The molecule has 0 radical (unpaired) electrons. The van der Waals surface area contributed by atoms with Crippen LogP contribution in [0.25, 0.3) is 0 Å². The summed E-state index contributed by atoms with van der Waals surface area (Å²) in [6, 6.07) is 0. The van der Waals surface area contributed by atoms with Gasteiger partial charge in [-0.1, -0.05) is 13.8 Å². The SMILES string of the molecule is CC(C)C1CNc2ncncc21. The fraction of sp³-hybridized carbons (Fsp3) is 0.556. The predicted octanol–water partition coefficient (Wildman–Crippen LogP) is 1.64. The summed E-state index contributed by atoms with van der Waals surface area (Å²) in [5.74, 6) is 2.26. The van der Waals surface area contributed by atoms with Gasteiger partial charge < -0.3 is 5.32 Å². The molecule has 0 aromatic carbocycles. The normalized spacial score (nSPS) is 20.8. The van der Waals surface area contributed by atoms with Crippen LogP contribution in [0.2, 0.25) is 0 Å². The Labute approximate surface area is 72.2 Å². The van der Waals surface area contributed by atoms with Gasteiger partial charge in [0, 0.05) is 24.2 Å². The number of anilines is 1. The summed E-state index contributed by atoms with van der Waals surface area (Å²) in [5, 5.41) is 3.28. The van der Waals surface area contributed by atoms with Crippen LogP contribution in [0.15, 0.2) is 12.5 Å². The Kier molecular flexibility index (Phi) is 1.71. The van der Waals surface area contributed by atoms with Crippen molar-refractivity contribution in [1.82, 2.24) is 9.97 Å². The molecular formula is C9H13N3. The lowest BCUT2D eigenvalue weighted by Gasteiger charge is -2.12. The van der Waals surface area contributed by atoms with Gasteiger partial charge >= 0.3 is 0 Å². The molecule has 12 heavy (non-hydrogen) atoms. The smallest absolute Gasteiger partial charge is 0.132 e. The average Bonchev–Trinajstić information content (AvgIpc) is 2.47. The van der Waals surface area contributed by atoms with E-state index in [0.29, 0.717) is 11.8 Å². The molecule has 1 N–H and O–H groups in total. The third-order valence-electron chi connectivity index (χ3n) is 2.43. The highest BCUT2D eigenvalue weighted by atomic mass is 15.0. The first-order valence-corrected chi connectivity index (χ1v) is 4.33. The van der Waals surface area contributed by atoms with Gasteiger partial charge in [-0.25, -0.2) is 9.97 Å². The largest absolute Gasteiger partial charge is 0.369 e. The topological polar surface area (TPSA) is 37.8 Å². The molecule has 1 atom stereocenters. The highest BCUT2D eigenvalue weighted by Gasteiger charge is 2.25. The maximum Gasteiger partial charge on any atom is 0.132 e.